The topological polar surface area (TPSA) is 89.8 Å². The zero-order chi connectivity index (χ0) is 19.4. The van der Waals surface area contributed by atoms with Crippen molar-refractivity contribution in [3.63, 3.8) is 0 Å². The third-order valence-electron chi connectivity index (χ3n) is 4.85. The number of rotatable bonds is 2. The molecular weight excluding hydrogens is 400 g/mol. The molecule has 0 radical (unpaired) electrons. The van der Waals surface area contributed by atoms with Gasteiger partial charge in [-0.25, -0.2) is 13.3 Å². The third kappa shape index (κ3) is 3.26. The van der Waals surface area contributed by atoms with Crippen molar-refractivity contribution in [3.8, 4) is 10.4 Å². The highest BCUT2D eigenvalue weighted by Gasteiger charge is 2.56. The Morgan fingerprint density at radius 2 is 2.04 bits per heavy atom. The fourth-order valence-corrected chi connectivity index (χ4v) is 9.58. The summed E-state index contributed by atoms with van der Waals surface area (Å²) in [5, 5.41) is 0.449. The summed E-state index contributed by atoms with van der Waals surface area (Å²) in [7, 11) is -2.97. The highest BCUT2D eigenvalue weighted by molar-refractivity contribution is 8.17. The second kappa shape index (κ2) is 6.06. The first kappa shape index (κ1) is 18.5. The van der Waals surface area contributed by atoms with Gasteiger partial charge in [0.15, 0.2) is 15.0 Å². The standard InChI is InChI=1S/C18H18N4O2S3/c1-11-4-14(12-5-13(20-3)7-21-6-12)25-15(11)17(2)8-18(26-16(19)22-17)9-27(23,24)10-18/h4-7H,8-10H2,1-2H3,(H2,19,22). The SMILES string of the molecule is [C-]#[N+]c1cncc(-c2cc(C)c(C3(C)CC4(CS(=O)(=O)C4)SC(N)=N3)s2)c1. The Morgan fingerprint density at radius 1 is 1.30 bits per heavy atom. The van der Waals surface area contributed by atoms with Gasteiger partial charge in [0.2, 0.25) is 5.69 Å². The maximum absolute atomic E-state index is 11.8. The predicted molar refractivity (Wildman–Crippen MR) is 111 cm³/mol. The number of pyridine rings is 1. The largest absolute Gasteiger partial charge is 0.378 e. The molecule has 1 unspecified atom stereocenters. The lowest BCUT2D eigenvalue weighted by atomic mass is 9.87. The third-order valence-corrected chi connectivity index (χ3v) is 9.91. The van der Waals surface area contributed by atoms with Crippen molar-refractivity contribution < 1.29 is 8.42 Å². The Morgan fingerprint density at radius 3 is 2.70 bits per heavy atom. The van der Waals surface area contributed by atoms with E-state index in [1.165, 1.54) is 11.8 Å². The number of aliphatic imine (C=N–C) groups is 1. The van der Waals surface area contributed by atoms with Crippen LogP contribution in [0.1, 0.15) is 23.8 Å². The van der Waals surface area contributed by atoms with Gasteiger partial charge in [-0.05, 0) is 43.5 Å². The molecule has 2 aromatic heterocycles. The smallest absolute Gasteiger partial charge is 0.205 e. The average molecular weight is 419 g/mol. The van der Waals surface area contributed by atoms with Gasteiger partial charge in [-0.15, -0.1) is 11.3 Å². The molecular formula is C18H18N4O2S3. The summed E-state index contributed by atoms with van der Waals surface area (Å²) in [4.78, 5) is 14.4. The second-order valence-electron chi connectivity index (χ2n) is 7.38. The normalized spacial score (nSPS) is 25.4. The molecule has 0 saturated carbocycles. The molecule has 4 heterocycles. The number of thioether (sulfide) groups is 1. The highest BCUT2D eigenvalue weighted by atomic mass is 32.2. The molecule has 6 nitrogen and oxygen atoms in total. The minimum atomic E-state index is -2.97. The van der Waals surface area contributed by atoms with Gasteiger partial charge < -0.3 is 5.73 Å². The number of amidine groups is 1. The monoisotopic (exact) mass is 418 g/mol. The summed E-state index contributed by atoms with van der Waals surface area (Å²) in [6.45, 7) is 11.2. The molecule has 0 aromatic carbocycles. The highest BCUT2D eigenvalue weighted by Crippen LogP contribution is 2.53. The van der Waals surface area contributed by atoms with Crippen LogP contribution in [0.15, 0.2) is 29.5 Å². The zero-order valence-electron chi connectivity index (χ0n) is 14.9. The molecule has 4 rings (SSSR count). The first-order valence-electron chi connectivity index (χ1n) is 8.32. The summed E-state index contributed by atoms with van der Waals surface area (Å²) in [6, 6.07) is 3.90. The fourth-order valence-electron chi connectivity index (χ4n) is 4.02. The van der Waals surface area contributed by atoms with Crippen LogP contribution in [0, 0.1) is 13.5 Å². The molecule has 2 aliphatic rings. The molecule has 1 atom stereocenters. The first-order chi connectivity index (χ1) is 12.6. The van der Waals surface area contributed by atoms with Crippen LogP contribution in [0.25, 0.3) is 15.3 Å². The minimum Gasteiger partial charge on any atom is -0.378 e. The molecule has 1 spiro atoms. The number of sulfone groups is 1. The van der Waals surface area contributed by atoms with Crippen LogP contribution in [0.3, 0.4) is 0 Å². The van der Waals surface area contributed by atoms with E-state index in [4.69, 9.17) is 17.3 Å². The molecule has 2 aliphatic heterocycles. The zero-order valence-corrected chi connectivity index (χ0v) is 17.3. The maximum atomic E-state index is 11.8. The number of aryl methyl sites for hydroxylation is 1. The van der Waals surface area contributed by atoms with E-state index in [0.29, 0.717) is 17.3 Å². The summed E-state index contributed by atoms with van der Waals surface area (Å²) in [5.41, 5.74) is 8.04. The van der Waals surface area contributed by atoms with Crippen LogP contribution < -0.4 is 5.73 Å². The number of hydrogen-bond acceptors (Lipinski definition) is 7. The molecule has 9 heteroatoms. The Labute approximate surface area is 166 Å². The molecule has 0 amide bonds. The molecule has 1 saturated heterocycles. The van der Waals surface area contributed by atoms with E-state index in [2.05, 4.69) is 15.9 Å². The maximum Gasteiger partial charge on any atom is 0.205 e. The Hall–Kier alpha value is -1.89. The average Bonchev–Trinajstić information content (AvgIpc) is 2.95. The number of hydrogen-bond donors (Lipinski definition) is 1. The van der Waals surface area contributed by atoms with Crippen molar-refractivity contribution in [1.82, 2.24) is 4.98 Å². The van der Waals surface area contributed by atoms with Gasteiger partial charge in [-0.3, -0.25) is 9.98 Å². The van der Waals surface area contributed by atoms with Crippen molar-refractivity contribution in [2.24, 2.45) is 10.7 Å². The molecule has 1 fully saturated rings. The summed E-state index contributed by atoms with van der Waals surface area (Å²) >= 11 is 3.01. The molecule has 27 heavy (non-hydrogen) atoms. The lowest BCUT2D eigenvalue weighted by Gasteiger charge is -2.47. The van der Waals surface area contributed by atoms with Crippen LogP contribution in [0.5, 0.6) is 0 Å². The number of aromatic nitrogens is 1. The molecule has 0 aliphatic carbocycles. The lowest BCUT2D eigenvalue weighted by molar-refractivity contribution is 0.392. The van der Waals surface area contributed by atoms with Crippen LogP contribution in [-0.2, 0) is 15.4 Å². The summed E-state index contributed by atoms with van der Waals surface area (Å²) < 4.78 is 23.2. The van der Waals surface area contributed by atoms with Gasteiger partial charge in [-0.2, -0.15) is 0 Å². The predicted octanol–water partition coefficient (Wildman–Crippen LogP) is 3.50. The van der Waals surface area contributed by atoms with E-state index in [0.717, 1.165) is 20.9 Å². The van der Waals surface area contributed by atoms with Crippen molar-refractivity contribution in [3.05, 3.63) is 46.4 Å². The number of nitrogens with zero attached hydrogens (tertiary/aromatic N) is 3. The molecule has 2 aromatic rings. The summed E-state index contributed by atoms with van der Waals surface area (Å²) in [5.74, 6) is 0.315. The van der Waals surface area contributed by atoms with E-state index < -0.39 is 15.4 Å². The fraction of sp³-hybridized carbons (Fsp3) is 0.389. The van der Waals surface area contributed by atoms with Gasteiger partial charge in [0.25, 0.3) is 0 Å². The van der Waals surface area contributed by atoms with E-state index in [1.807, 2.05) is 19.9 Å². The van der Waals surface area contributed by atoms with E-state index in [9.17, 15) is 8.42 Å². The van der Waals surface area contributed by atoms with Gasteiger partial charge in [0, 0.05) is 22.1 Å². The Balaban J connectivity index is 1.74. The minimum absolute atomic E-state index is 0.157. The van der Waals surface area contributed by atoms with Gasteiger partial charge >= 0.3 is 0 Å². The first-order valence-corrected chi connectivity index (χ1v) is 11.8. The van der Waals surface area contributed by atoms with E-state index in [1.54, 1.807) is 23.7 Å². The van der Waals surface area contributed by atoms with Crippen LogP contribution >= 0.6 is 23.1 Å². The summed E-state index contributed by atoms with van der Waals surface area (Å²) in [6.07, 6.45) is 3.94. The van der Waals surface area contributed by atoms with Crippen molar-refractivity contribution in [2.75, 3.05) is 11.5 Å². The second-order valence-corrected chi connectivity index (χ2v) is 12.0. The Kier molecular flexibility index (Phi) is 4.14. The van der Waals surface area contributed by atoms with Gasteiger partial charge in [0.1, 0.15) is 0 Å². The van der Waals surface area contributed by atoms with E-state index >= 15 is 0 Å². The van der Waals surface area contributed by atoms with Crippen molar-refractivity contribution in [1.29, 1.82) is 0 Å². The van der Waals surface area contributed by atoms with Gasteiger partial charge in [0.05, 0.1) is 28.4 Å². The Bertz CT molecular complexity index is 1100. The van der Waals surface area contributed by atoms with Crippen LogP contribution in [-0.4, -0.2) is 34.8 Å². The van der Waals surface area contributed by atoms with E-state index in [-0.39, 0.29) is 16.3 Å². The number of nitrogens with two attached hydrogens (primary N) is 1. The lowest BCUT2D eigenvalue weighted by Crippen LogP contribution is -2.58. The van der Waals surface area contributed by atoms with Crippen molar-refractivity contribution >= 4 is 43.8 Å². The number of thiophene rings is 1. The van der Waals surface area contributed by atoms with Crippen LogP contribution in [0.2, 0.25) is 0 Å². The molecule has 0 bridgehead atoms. The molecule has 140 valence electrons. The molecule has 2 N–H and O–H groups in total. The van der Waals surface area contributed by atoms with Crippen molar-refractivity contribution in [2.45, 2.75) is 30.6 Å². The van der Waals surface area contributed by atoms with Gasteiger partial charge in [-0.1, -0.05) is 11.8 Å². The quantitative estimate of drug-likeness (QED) is 0.754. The van der Waals surface area contributed by atoms with Crippen LogP contribution in [0.4, 0.5) is 5.69 Å².